The molecular formula is C32H24N3Na3O9S3. The number of hydrogen-bond donors (Lipinski definition) is 2. The number of allylic oxidation sites excluding steroid dienone is 5. The molecule has 0 atom stereocenters. The molecule has 0 radical (unpaired) electrons. The maximum absolute atomic E-state index is 12.1. The molecule has 1 aliphatic rings. The van der Waals surface area contributed by atoms with Crippen molar-refractivity contribution in [3.63, 3.8) is 0 Å². The Morgan fingerprint density at radius 1 is 0.780 bits per heavy atom. The van der Waals surface area contributed by atoms with Gasteiger partial charge < -0.3 is 25.4 Å². The van der Waals surface area contributed by atoms with E-state index in [1.807, 2.05) is 30.3 Å². The number of aliphatic imine (C=N–C) groups is 1. The van der Waals surface area contributed by atoms with E-state index in [1.165, 1.54) is 30.3 Å². The summed E-state index contributed by atoms with van der Waals surface area (Å²) in [5.41, 5.74) is 11.1. The van der Waals surface area contributed by atoms with Gasteiger partial charge in [0.1, 0.15) is 20.2 Å². The molecule has 4 aromatic rings. The Kier molecular flexibility index (Phi) is 17.4. The number of hydrogen-bond acceptors (Lipinski definition) is 13. The van der Waals surface area contributed by atoms with E-state index in [4.69, 9.17) is 5.73 Å². The monoisotopic (exact) mass is 759 g/mol. The number of rotatable bonds is 10. The van der Waals surface area contributed by atoms with Crippen LogP contribution in [-0.4, -0.2) is 31.7 Å². The van der Waals surface area contributed by atoms with Gasteiger partial charge in [0, 0.05) is 16.3 Å². The summed E-state index contributed by atoms with van der Waals surface area (Å²) in [6, 6.07) is 22.5. The van der Waals surface area contributed by atoms with Gasteiger partial charge in [-0.25, -0.2) is 21.8 Å². The Morgan fingerprint density at radius 3 is 2.00 bits per heavy atom. The molecule has 0 amide bonds. The maximum atomic E-state index is 12.1. The zero-order valence-corrected chi connectivity index (χ0v) is 35.8. The van der Waals surface area contributed by atoms with Gasteiger partial charge in [0.25, 0.3) is 0 Å². The molecule has 12 nitrogen and oxygen atoms in total. The van der Waals surface area contributed by atoms with Crippen molar-refractivity contribution in [3.05, 3.63) is 131 Å². The second-order valence-electron chi connectivity index (χ2n) is 10.1. The second kappa shape index (κ2) is 19.5. The molecule has 18 heteroatoms. The summed E-state index contributed by atoms with van der Waals surface area (Å²) in [5, 5.41) is 16.8. The zero-order chi connectivity index (χ0) is 33.8. The first-order valence-electron chi connectivity index (χ1n) is 13.5. The molecule has 0 unspecified atom stereocenters. The normalized spacial score (nSPS) is 12.3. The van der Waals surface area contributed by atoms with Crippen molar-refractivity contribution in [2.45, 2.75) is 21.6 Å². The summed E-state index contributed by atoms with van der Waals surface area (Å²) in [5.74, 6) is 0. The molecule has 0 bridgehead atoms. The van der Waals surface area contributed by atoms with Crippen molar-refractivity contribution in [1.29, 1.82) is 0 Å². The third-order valence-electron chi connectivity index (χ3n) is 6.90. The predicted octanol–water partition coefficient (Wildman–Crippen LogP) is -3.93. The van der Waals surface area contributed by atoms with Gasteiger partial charge in [-0.2, -0.15) is 4.33 Å². The minimum Gasteiger partial charge on any atom is -0.744 e. The molecule has 0 fully saturated rings. The molecule has 0 saturated heterocycles. The van der Waals surface area contributed by atoms with Gasteiger partial charge in [0.15, 0.2) is 0 Å². The van der Waals surface area contributed by atoms with Gasteiger partial charge in [-0.15, -0.1) is 0 Å². The maximum Gasteiger partial charge on any atom is 1.00 e. The summed E-state index contributed by atoms with van der Waals surface area (Å²) >= 11 is 0.762. The van der Waals surface area contributed by atoms with Crippen molar-refractivity contribution in [3.8, 4) is 0 Å². The number of nitrogens with two attached hydrogens (primary N) is 1. The average Bonchev–Trinajstić information content (AvgIpc) is 3.03. The molecule has 1 aliphatic carbocycles. The van der Waals surface area contributed by atoms with Crippen LogP contribution in [-0.2, 0) is 29.6 Å². The Bertz CT molecular complexity index is 2160. The molecule has 5 rings (SSSR count). The number of aryl methyl sites for hydroxylation is 1. The zero-order valence-electron chi connectivity index (χ0n) is 27.3. The molecule has 0 saturated carbocycles. The van der Waals surface area contributed by atoms with E-state index in [1.54, 1.807) is 55.5 Å². The van der Waals surface area contributed by atoms with E-state index in [2.05, 4.69) is 19.7 Å². The molecule has 3 N–H and O–H groups in total. The van der Waals surface area contributed by atoms with Crippen LogP contribution in [0.15, 0.2) is 134 Å². The van der Waals surface area contributed by atoms with Crippen LogP contribution < -0.4 is 105 Å². The van der Waals surface area contributed by atoms with Crippen molar-refractivity contribution in [2.75, 3.05) is 11.1 Å². The summed E-state index contributed by atoms with van der Waals surface area (Å²) < 4.78 is 74.4. The van der Waals surface area contributed by atoms with Crippen LogP contribution in [0, 0.1) is 6.92 Å². The fraction of sp³-hybridized carbons (Fsp3) is 0.0312. The third-order valence-corrected chi connectivity index (χ3v) is 9.20. The summed E-state index contributed by atoms with van der Waals surface area (Å²) in [6.07, 6.45) is 6.96. The van der Waals surface area contributed by atoms with Gasteiger partial charge in [-0.05, 0) is 114 Å². The van der Waals surface area contributed by atoms with Crippen LogP contribution in [0.4, 0.5) is 22.7 Å². The minimum atomic E-state index is -4.89. The molecule has 4 aromatic carbocycles. The van der Waals surface area contributed by atoms with Gasteiger partial charge >= 0.3 is 88.7 Å². The predicted molar refractivity (Wildman–Crippen MR) is 174 cm³/mol. The SMILES string of the molecule is Cc1cc(C(=C2C=CC(=Nc3ccc(S(=O)(=O)[O-])cc3)C=C2)c2ccc(Nc3cccc(SOO[O-])c3)cc2)cc(S(=O)(=O)[O-])c1N.[Na+].[Na+].[Na+]. The number of benzene rings is 4. The van der Waals surface area contributed by atoms with E-state index in [9.17, 15) is 31.2 Å². The van der Waals surface area contributed by atoms with Crippen molar-refractivity contribution < 1.29 is 129 Å². The molecule has 50 heavy (non-hydrogen) atoms. The standard InChI is InChI=1S/C32H27N3O9S3.3Na/c1-20-17-23(18-30(32(20)33)47(40,41)42)31(21-5-9-24(10-6-21)34-26-13-15-29(16-14-26)46(37,38)39)22-7-11-25(12-8-22)35-27-3-2-4-28(19-27)45-44-43-36;;;/h2-19,35-36H,33H2,1H3,(H,37,38,39)(H,40,41,42);;;/q;3*+1/p-3. The third kappa shape index (κ3) is 11.7. The summed E-state index contributed by atoms with van der Waals surface area (Å²) in [6.45, 7) is 1.62. The molecule has 242 valence electrons. The van der Waals surface area contributed by atoms with E-state index in [0.717, 1.165) is 17.7 Å². The Balaban J connectivity index is 0.00000289. The quantitative estimate of drug-likeness (QED) is 0.0398. The van der Waals surface area contributed by atoms with Crippen LogP contribution >= 0.6 is 12.0 Å². The van der Waals surface area contributed by atoms with Gasteiger partial charge in [0.2, 0.25) is 0 Å². The Labute approximate surface area is 360 Å². The average molecular weight is 760 g/mol. The first kappa shape index (κ1) is 44.6. The van der Waals surface area contributed by atoms with Crippen LogP contribution in [0.1, 0.15) is 16.7 Å². The Hall–Kier alpha value is -1.58. The largest absolute Gasteiger partial charge is 1.00 e. The van der Waals surface area contributed by atoms with Crippen molar-refractivity contribution in [2.24, 2.45) is 4.99 Å². The van der Waals surface area contributed by atoms with Crippen LogP contribution in [0.3, 0.4) is 0 Å². The fourth-order valence-electron chi connectivity index (χ4n) is 4.72. The van der Waals surface area contributed by atoms with Crippen molar-refractivity contribution in [1.82, 2.24) is 0 Å². The first-order valence-corrected chi connectivity index (χ1v) is 17.1. The second-order valence-corrected chi connectivity index (χ2v) is 13.6. The first-order chi connectivity index (χ1) is 22.3. The minimum absolute atomic E-state index is 0. The fourth-order valence-corrected chi connectivity index (χ4v) is 6.31. The molecule has 0 aliphatic heterocycles. The van der Waals surface area contributed by atoms with E-state index in [0.29, 0.717) is 49.8 Å². The number of nitrogens with one attached hydrogen (secondary N) is 1. The van der Waals surface area contributed by atoms with E-state index < -0.39 is 25.1 Å². The summed E-state index contributed by atoms with van der Waals surface area (Å²) in [7, 11) is -9.47. The topological polar surface area (TPSA) is 206 Å². The van der Waals surface area contributed by atoms with E-state index in [-0.39, 0.29) is 99.3 Å². The van der Waals surface area contributed by atoms with Gasteiger partial charge in [-0.3, -0.25) is 5.04 Å². The van der Waals surface area contributed by atoms with Crippen molar-refractivity contribution >= 4 is 66.3 Å². The number of nitrogen functional groups attached to an aromatic ring is 1. The molecule has 0 heterocycles. The van der Waals surface area contributed by atoms with Crippen LogP contribution in [0.25, 0.3) is 5.57 Å². The summed E-state index contributed by atoms with van der Waals surface area (Å²) in [4.78, 5) is 4.21. The molecular weight excluding hydrogens is 736 g/mol. The smallest absolute Gasteiger partial charge is 0.744 e. The number of anilines is 3. The Morgan fingerprint density at radius 2 is 1.42 bits per heavy atom. The molecule has 0 aromatic heterocycles. The van der Waals surface area contributed by atoms with Crippen LogP contribution in [0.5, 0.6) is 0 Å². The number of nitrogens with zero attached hydrogens (tertiary/aromatic N) is 1. The van der Waals surface area contributed by atoms with Gasteiger partial charge in [-0.1, -0.05) is 30.4 Å². The van der Waals surface area contributed by atoms with Crippen LogP contribution in [0.2, 0.25) is 0 Å². The van der Waals surface area contributed by atoms with Gasteiger partial charge in [0.05, 0.1) is 38.9 Å². The molecule has 0 spiro atoms. The van der Waals surface area contributed by atoms with E-state index >= 15 is 0 Å².